The summed E-state index contributed by atoms with van der Waals surface area (Å²) >= 11 is 2.33. The van der Waals surface area contributed by atoms with Gasteiger partial charge in [0.25, 0.3) is 0 Å². The summed E-state index contributed by atoms with van der Waals surface area (Å²) in [5, 5.41) is 0. The standard InChI is InChI=1S/C16H22INO/c1-3-5-6-12(4-2)16(19)18-10-9-13-11-14(17)7-8-15(13)18/h7-8,11-12H,3-6,9-10H2,1-2H3. The summed E-state index contributed by atoms with van der Waals surface area (Å²) in [4.78, 5) is 14.7. The lowest BCUT2D eigenvalue weighted by atomic mass is 9.97. The molecule has 2 rings (SSSR count). The average Bonchev–Trinajstić information content (AvgIpc) is 2.82. The van der Waals surface area contributed by atoms with Gasteiger partial charge in [-0.15, -0.1) is 0 Å². The maximum absolute atomic E-state index is 12.7. The summed E-state index contributed by atoms with van der Waals surface area (Å²) in [5.74, 6) is 0.529. The van der Waals surface area contributed by atoms with Crippen LogP contribution in [0.4, 0.5) is 5.69 Å². The van der Waals surface area contributed by atoms with Crippen molar-refractivity contribution in [3.05, 3.63) is 27.3 Å². The molecule has 0 fully saturated rings. The minimum absolute atomic E-state index is 0.199. The minimum Gasteiger partial charge on any atom is -0.312 e. The molecule has 1 heterocycles. The number of fused-ring (bicyclic) bond motifs is 1. The van der Waals surface area contributed by atoms with Crippen molar-refractivity contribution in [1.29, 1.82) is 0 Å². The van der Waals surface area contributed by atoms with Gasteiger partial charge in [-0.25, -0.2) is 0 Å². The Balaban J connectivity index is 2.13. The van der Waals surface area contributed by atoms with E-state index in [9.17, 15) is 4.79 Å². The molecular formula is C16H22INO. The van der Waals surface area contributed by atoms with Gasteiger partial charge in [0.2, 0.25) is 5.91 Å². The van der Waals surface area contributed by atoms with Crippen molar-refractivity contribution in [2.45, 2.75) is 46.0 Å². The lowest BCUT2D eigenvalue weighted by Crippen LogP contribution is -2.34. The number of halogens is 1. The predicted octanol–water partition coefficient (Wildman–Crippen LogP) is 4.40. The first-order valence-corrected chi connectivity index (χ1v) is 8.35. The van der Waals surface area contributed by atoms with Gasteiger partial charge in [-0.3, -0.25) is 4.79 Å². The topological polar surface area (TPSA) is 20.3 Å². The normalized spacial score (nSPS) is 15.4. The van der Waals surface area contributed by atoms with Crippen LogP contribution in [0.3, 0.4) is 0 Å². The zero-order valence-corrected chi connectivity index (χ0v) is 13.9. The van der Waals surface area contributed by atoms with Crippen LogP contribution in [0, 0.1) is 9.49 Å². The molecule has 1 aliphatic heterocycles. The zero-order chi connectivity index (χ0) is 13.8. The maximum Gasteiger partial charge on any atom is 0.230 e. The lowest BCUT2D eigenvalue weighted by molar-refractivity contribution is -0.122. The molecule has 0 N–H and O–H groups in total. The van der Waals surface area contributed by atoms with Gasteiger partial charge in [-0.1, -0.05) is 26.7 Å². The second kappa shape index (κ2) is 6.73. The molecule has 0 radical (unpaired) electrons. The van der Waals surface area contributed by atoms with E-state index in [-0.39, 0.29) is 5.92 Å². The number of amides is 1. The highest BCUT2D eigenvalue weighted by Crippen LogP contribution is 2.31. The molecule has 1 atom stereocenters. The molecule has 1 unspecified atom stereocenters. The van der Waals surface area contributed by atoms with E-state index >= 15 is 0 Å². The number of benzene rings is 1. The van der Waals surface area contributed by atoms with Crippen LogP contribution in [0.1, 0.15) is 45.1 Å². The molecule has 2 nitrogen and oxygen atoms in total. The van der Waals surface area contributed by atoms with Gasteiger partial charge in [-0.2, -0.15) is 0 Å². The number of hydrogen-bond acceptors (Lipinski definition) is 1. The molecule has 0 saturated carbocycles. The van der Waals surface area contributed by atoms with Crippen LogP contribution in [-0.2, 0) is 11.2 Å². The van der Waals surface area contributed by atoms with Crippen LogP contribution >= 0.6 is 22.6 Å². The Morgan fingerprint density at radius 2 is 2.21 bits per heavy atom. The first-order chi connectivity index (χ1) is 9.17. The van der Waals surface area contributed by atoms with Crippen LogP contribution < -0.4 is 4.90 Å². The Kier molecular flexibility index (Phi) is 5.25. The molecule has 1 aliphatic rings. The summed E-state index contributed by atoms with van der Waals surface area (Å²) < 4.78 is 1.25. The fraction of sp³-hybridized carbons (Fsp3) is 0.562. The molecule has 0 saturated heterocycles. The Labute approximate surface area is 129 Å². The second-order valence-corrected chi connectivity index (χ2v) is 6.51. The van der Waals surface area contributed by atoms with Crippen molar-refractivity contribution < 1.29 is 4.79 Å². The molecule has 1 aromatic carbocycles. The fourth-order valence-electron chi connectivity index (χ4n) is 2.77. The number of nitrogens with zero attached hydrogens (tertiary/aromatic N) is 1. The number of unbranched alkanes of at least 4 members (excludes halogenated alkanes) is 1. The molecule has 0 aromatic heterocycles. The van der Waals surface area contributed by atoms with Gasteiger partial charge in [0, 0.05) is 21.7 Å². The smallest absolute Gasteiger partial charge is 0.230 e. The highest BCUT2D eigenvalue weighted by molar-refractivity contribution is 14.1. The van der Waals surface area contributed by atoms with Crippen LogP contribution in [0.5, 0.6) is 0 Å². The van der Waals surface area contributed by atoms with E-state index in [1.165, 1.54) is 15.6 Å². The monoisotopic (exact) mass is 371 g/mol. The van der Waals surface area contributed by atoms with Crippen LogP contribution in [0.2, 0.25) is 0 Å². The molecule has 3 heteroatoms. The average molecular weight is 371 g/mol. The number of carbonyl (C=O) groups is 1. The van der Waals surface area contributed by atoms with E-state index in [1.54, 1.807) is 0 Å². The first kappa shape index (κ1) is 14.8. The Morgan fingerprint density at radius 1 is 1.42 bits per heavy atom. The third kappa shape index (κ3) is 3.30. The quantitative estimate of drug-likeness (QED) is 0.703. The van der Waals surface area contributed by atoms with Gasteiger partial charge in [0.15, 0.2) is 0 Å². The molecule has 0 spiro atoms. The van der Waals surface area contributed by atoms with Crippen LogP contribution in [0.25, 0.3) is 0 Å². The van der Waals surface area contributed by atoms with Crippen molar-refractivity contribution in [2.24, 2.45) is 5.92 Å². The molecule has 1 amide bonds. The largest absolute Gasteiger partial charge is 0.312 e. The Bertz CT molecular complexity index is 458. The summed E-state index contributed by atoms with van der Waals surface area (Å²) in [6.07, 6.45) is 5.30. The maximum atomic E-state index is 12.7. The minimum atomic E-state index is 0.199. The number of hydrogen-bond donors (Lipinski definition) is 0. The SMILES string of the molecule is CCCCC(CC)C(=O)N1CCc2cc(I)ccc21. The molecule has 1 aromatic rings. The van der Waals surface area contributed by atoms with Crippen LogP contribution in [0.15, 0.2) is 18.2 Å². The second-order valence-electron chi connectivity index (χ2n) is 5.26. The van der Waals surface area contributed by atoms with Gasteiger partial charge in [0.1, 0.15) is 0 Å². The molecule has 0 aliphatic carbocycles. The van der Waals surface area contributed by atoms with Crippen molar-refractivity contribution in [3.8, 4) is 0 Å². The van der Waals surface area contributed by atoms with Gasteiger partial charge < -0.3 is 4.90 Å². The lowest BCUT2D eigenvalue weighted by Gasteiger charge is -2.23. The summed E-state index contributed by atoms with van der Waals surface area (Å²) in [7, 11) is 0. The van der Waals surface area contributed by atoms with Gasteiger partial charge >= 0.3 is 0 Å². The van der Waals surface area contributed by atoms with Crippen molar-refractivity contribution >= 4 is 34.2 Å². The molecule has 104 valence electrons. The highest BCUT2D eigenvalue weighted by atomic mass is 127. The number of anilines is 1. The third-order valence-electron chi connectivity index (χ3n) is 3.95. The first-order valence-electron chi connectivity index (χ1n) is 7.27. The zero-order valence-electron chi connectivity index (χ0n) is 11.8. The highest BCUT2D eigenvalue weighted by Gasteiger charge is 2.28. The molecule has 0 bridgehead atoms. The van der Waals surface area contributed by atoms with E-state index in [0.29, 0.717) is 5.91 Å². The van der Waals surface area contributed by atoms with E-state index in [4.69, 9.17) is 0 Å². The van der Waals surface area contributed by atoms with Gasteiger partial charge in [0.05, 0.1) is 0 Å². The van der Waals surface area contributed by atoms with E-state index in [2.05, 4.69) is 54.6 Å². The van der Waals surface area contributed by atoms with E-state index in [0.717, 1.165) is 37.9 Å². The van der Waals surface area contributed by atoms with E-state index < -0.39 is 0 Å². The van der Waals surface area contributed by atoms with Crippen molar-refractivity contribution in [1.82, 2.24) is 0 Å². The Morgan fingerprint density at radius 3 is 2.89 bits per heavy atom. The van der Waals surface area contributed by atoms with Gasteiger partial charge in [-0.05, 0) is 65.6 Å². The third-order valence-corrected chi connectivity index (χ3v) is 4.62. The summed E-state index contributed by atoms with van der Waals surface area (Å²) in [6, 6.07) is 6.41. The predicted molar refractivity (Wildman–Crippen MR) is 88.5 cm³/mol. The summed E-state index contributed by atoms with van der Waals surface area (Å²) in [6.45, 7) is 5.17. The van der Waals surface area contributed by atoms with Crippen LogP contribution in [-0.4, -0.2) is 12.5 Å². The number of rotatable bonds is 5. The summed E-state index contributed by atoms with van der Waals surface area (Å²) in [5.41, 5.74) is 2.46. The fourth-order valence-corrected chi connectivity index (χ4v) is 3.33. The van der Waals surface area contributed by atoms with Crippen molar-refractivity contribution in [3.63, 3.8) is 0 Å². The molecule has 19 heavy (non-hydrogen) atoms. The number of carbonyl (C=O) groups excluding carboxylic acids is 1. The molecular weight excluding hydrogens is 349 g/mol. The van der Waals surface area contributed by atoms with E-state index in [1.807, 2.05) is 4.90 Å². The van der Waals surface area contributed by atoms with Crippen molar-refractivity contribution in [2.75, 3.05) is 11.4 Å². The Hall–Kier alpha value is -0.580.